The number of nitriles is 1. The first-order valence-electron chi connectivity index (χ1n) is 7.32. The Kier molecular flexibility index (Phi) is 8.17. The lowest BCUT2D eigenvalue weighted by atomic mass is 9.96. The van der Waals surface area contributed by atoms with E-state index in [4.69, 9.17) is 5.26 Å². The highest BCUT2D eigenvalue weighted by Crippen LogP contribution is 2.21. The van der Waals surface area contributed by atoms with Gasteiger partial charge in [-0.15, -0.1) is 0 Å². The van der Waals surface area contributed by atoms with Crippen LogP contribution in [0.5, 0.6) is 0 Å². The van der Waals surface area contributed by atoms with E-state index in [1.807, 2.05) is 0 Å². The number of aliphatic imine (C=N–C) groups is 2. The zero-order valence-electron chi connectivity index (χ0n) is 11.6. The van der Waals surface area contributed by atoms with Crippen LogP contribution in [-0.2, 0) is 0 Å². The molecule has 2 saturated carbocycles. The molecule has 100 valence electrons. The van der Waals surface area contributed by atoms with E-state index in [0.717, 1.165) is 0 Å². The maximum absolute atomic E-state index is 7.32. The topological polar surface area (TPSA) is 48.5 Å². The van der Waals surface area contributed by atoms with Crippen LogP contribution in [-0.4, -0.2) is 18.1 Å². The van der Waals surface area contributed by atoms with Gasteiger partial charge in [-0.2, -0.15) is 5.26 Å². The summed E-state index contributed by atoms with van der Waals surface area (Å²) in [5.74, 6) is 0. The maximum Gasteiger partial charge on any atom is 0.0898 e. The van der Waals surface area contributed by atoms with Gasteiger partial charge in [0.2, 0.25) is 0 Å². The highest BCUT2D eigenvalue weighted by molar-refractivity contribution is 5.42. The summed E-state index contributed by atoms with van der Waals surface area (Å²) in [7, 11) is 0. The molecule has 0 radical (unpaired) electrons. The molecule has 2 rings (SSSR count). The molecule has 0 aromatic carbocycles. The molecule has 0 aromatic rings. The van der Waals surface area contributed by atoms with Crippen LogP contribution in [0.1, 0.15) is 71.1 Å². The van der Waals surface area contributed by atoms with E-state index in [1.54, 1.807) is 6.07 Å². The minimum Gasteiger partial charge on any atom is -0.222 e. The van der Waals surface area contributed by atoms with Crippen molar-refractivity contribution < 1.29 is 0 Å². The fourth-order valence-electron chi connectivity index (χ4n) is 2.62. The normalized spacial score (nSPS) is 20.9. The van der Waals surface area contributed by atoms with E-state index in [1.165, 1.54) is 71.1 Å². The summed E-state index contributed by atoms with van der Waals surface area (Å²) in [4.78, 5) is 8.92. The Bertz CT molecular complexity index is 276. The average Bonchev–Trinajstić information content (AvgIpc) is 2.42. The molecule has 0 aliphatic heterocycles. The minimum absolute atomic E-state index is 0.533. The number of hydrogen-bond acceptors (Lipinski definition) is 3. The highest BCUT2D eigenvalue weighted by Gasteiger charge is 2.12. The van der Waals surface area contributed by atoms with Crippen LogP contribution in [0.15, 0.2) is 9.98 Å². The molecule has 2 fully saturated rings. The molecule has 2 aliphatic carbocycles. The summed E-state index contributed by atoms with van der Waals surface area (Å²) < 4.78 is 0. The molecule has 0 unspecified atom stereocenters. The van der Waals surface area contributed by atoms with Gasteiger partial charge < -0.3 is 0 Å². The molecule has 0 saturated heterocycles. The first kappa shape index (κ1) is 14.9. The van der Waals surface area contributed by atoms with Crippen LogP contribution in [0.4, 0.5) is 0 Å². The Labute approximate surface area is 111 Å². The lowest BCUT2D eigenvalue weighted by Crippen LogP contribution is -2.10. The van der Waals surface area contributed by atoms with Crippen LogP contribution in [0.25, 0.3) is 0 Å². The van der Waals surface area contributed by atoms with Crippen molar-refractivity contribution in [2.24, 2.45) is 9.98 Å². The first-order chi connectivity index (χ1) is 8.86. The predicted molar refractivity (Wildman–Crippen MR) is 74.9 cm³/mol. The van der Waals surface area contributed by atoms with Gasteiger partial charge in [0, 0.05) is 6.92 Å². The van der Waals surface area contributed by atoms with Gasteiger partial charge in [-0.25, -0.2) is 9.98 Å². The Morgan fingerprint density at radius 1 is 0.778 bits per heavy atom. The fraction of sp³-hybridized carbons (Fsp3) is 0.867. The smallest absolute Gasteiger partial charge is 0.0898 e. The van der Waals surface area contributed by atoms with Gasteiger partial charge in [0.15, 0.2) is 0 Å². The van der Waals surface area contributed by atoms with Gasteiger partial charge in [-0.05, 0) is 25.7 Å². The van der Waals surface area contributed by atoms with Crippen molar-refractivity contribution in [2.75, 3.05) is 0 Å². The van der Waals surface area contributed by atoms with E-state index in [-0.39, 0.29) is 0 Å². The van der Waals surface area contributed by atoms with Crippen LogP contribution in [0, 0.1) is 11.3 Å². The molecule has 0 amide bonds. The molecule has 3 heteroatoms. The minimum atomic E-state index is 0.533. The second kappa shape index (κ2) is 9.85. The van der Waals surface area contributed by atoms with Crippen LogP contribution < -0.4 is 0 Å². The standard InChI is InChI=1S/C13H22N2.C2H3N/c1-3-7-12(8-4-1)14-11-15-13-9-5-2-6-10-13;1-2-3/h12-13H,1-10H2;1H3. The molecule has 0 bridgehead atoms. The molecule has 0 spiro atoms. The number of rotatable bonds is 2. The van der Waals surface area contributed by atoms with E-state index < -0.39 is 0 Å². The zero-order chi connectivity index (χ0) is 13.1. The average molecular weight is 247 g/mol. The van der Waals surface area contributed by atoms with Crippen molar-refractivity contribution in [1.82, 2.24) is 0 Å². The van der Waals surface area contributed by atoms with Gasteiger partial charge >= 0.3 is 0 Å². The monoisotopic (exact) mass is 247 g/mol. The van der Waals surface area contributed by atoms with Crippen molar-refractivity contribution in [3.05, 3.63) is 0 Å². The summed E-state index contributed by atoms with van der Waals surface area (Å²) in [5.41, 5.74) is 0. The molecule has 0 atom stereocenters. The summed E-state index contributed by atoms with van der Waals surface area (Å²) >= 11 is 0. The van der Waals surface area contributed by atoms with E-state index in [2.05, 4.69) is 16.0 Å². The molecule has 18 heavy (non-hydrogen) atoms. The second-order valence-corrected chi connectivity index (χ2v) is 5.17. The van der Waals surface area contributed by atoms with Gasteiger partial charge in [0.1, 0.15) is 0 Å². The molecule has 3 nitrogen and oxygen atoms in total. The van der Waals surface area contributed by atoms with Crippen molar-refractivity contribution >= 4 is 6.01 Å². The SMILES string of the molecule is C(=NC1CCCCC1)=NC1CCCCC1.CC#N. The Hall–Kier alpha value is -1.13. The van der Waals surface area contributed by atoms with Crippen LogP contribution in [0.2, 0.25) is 0 Å². The second-order valence-electron chi connectivity index (χ2n) is 5.17. The van der Waals surface area contributed by atoms with Gasteiger partial charge in [0.25, 0.3) is 0 Å². The Morgan fingerprint density at radius 3 is 1.44 bits per heavy atom. The third-order valence-corrected chi connectivity index (χ3v) is 3.63. The third kappa shape index (κ3) is 6.57. The van der Waals surface area contributed by atoms with Crippen molar-refractivity contribution in [1.29, 1.82) is 5.26 Å². The van der Waals surface area contributed by atoms with Crippen molar-refractivity contribution in [2.45, 2.75) is 83.2 Å². The first-order valence-corrected chi connectivity index (χ1v) is 7.32. The number of hydrogen-bond donors (Lipinski definition) is 0. The van der Waals surface area contributed by atoms with Gasteiger partial charge in [-0.1, -0.05) is 38.5 Å². The molecular weight excluding hydrogens is 222 g/mol. The van der Waals surface area contributed by atoms with Crippen molar-refractivity contribution in [3.63, 3.8) is 0 Å². The largest absolute Gasteiger partial charge is 0.222 e. The van der Waals surface area contributed by atoms with Crippen LogP contribution in [0.3, 0.4) is 0 Å². The van der Waals surface area contributed by atoms with E-state index >= 15 is 0 Å². The number of nitrogens with zero attached hydrogens (tertiary/aromatic N) is 3. The lowest BCUT2D eigenvalue weighted by Gasteiger charge is -2.17. The Balaban J connectivity index is 0.000000492. The predicted octanol–water partition coefficient (Wildman–Crippen LogP) is 4.36. The molecule has 0 aromatic heterocycles. The molecular formula is C15H25N3. The summed E-state index contributed by atoms with van der Waals surface area (Å²) in [6.45, 7) is 1.43. The van der Waals surface area contributed by atoms with E-state index in [9.17, 15) is 0 Å². The van der Waals surface area contributed by atoms with E-state index in [0.29, 0.717) is 12.1 Å². The maximum atomic E-state index is 7.32. The summed E-state index contributed by atoms with van der Waals surface area (Å²) in [6, 6.07) is 5.79. The van der Waals surface area contributed by atoms with Crippen LogP contribution >= 0.6 is 0 Å². The highest BCUT2D eigenvalue weighted by atomic mass is 14.9. The fourth-order valence-corrected chi connectivity index (χ4v) is 2.62. The van der Waals surface area contributed by atoms with Gasteiger partial charge in [0.05, 0.1) is 24.2 Å². The van der Waals surface area contributed by atoms with Crippen molar-refractivity contribution in [3.8, 4) is 6.07 Å². The Morgan fingerprint density at radius 2 is 1.11 bits per heavy atom. The summed E-state index contributed by atoms with van der Waals surface area (Å²) in [5, 5.41) is 7.32. The molecule has 0 N–H and O–H groups in total. The molecule has 2 aliphatic rings. The third-order valence-electron chi connectivity index (χ3n) is 3.63. The summed E-state index contributed by atoms with van der Waals surface area (Å²) in [6.07, 6.45) is 13.2. The van der Waals surface area contributed by atoms with Gasteiger partial charge in [-0.3, -0.25) is 0 Å². The molecule has 0 heterocycles. The lowest BCUT2D eigenvalue weighted by molar-refractivity contribution is 0.438. The quantitative estimate of drug-likeness (QED) is 0.669. The zero-order valence-corrected chi connectivity index (χ0v) is 11.6.